The average Bonchev–Trinajstić information content (AvgIpc) is 2.47. The standard InChI is InChI=1S/C16H17ClO3/c1-19-14-9-11(10-15(20-2)16(14)18)7-8-12-5-3-4-6-13(12)17/h3-6,9-10,18H,7-8H2,1-2H3. The molecule has 0 fully saturated rings. The Labute approximate surface area is 123 Å². The molecule has 0 spiro atoms. The molecule has 20 heavy (non-hydrogen) atoms. The van der Waals surface area contributed by atoms with E-state index < -0.39 is 0 Å². The van der Waals surface area contributed by atoms with E-state index in [0.717, 1.165) is 29.0 Å². The molecule has 0 aliphatic rings. The zero-order chi connectivity index (χ0) is 14.5. The van der Waals surface area contributed by atoms with Crippen molar-refractivity contribution in [1.82, 2.24) is 0 Å². The first-order chi connectivity index (χ1) is 9.65. The maximum Gasteiger partial charge on any atom is 0.200 e. The molecule has 3 nitrogen and oxygen atoms in total. The number of phenols is 1. The predicted octanol–water partition coefficient (Wildman–Crippen LogP) is 3.85. The summed E-state index contributed by atoms with van der Waals surface area (Å²) in [5.74, 6) is 0.855. The fraction of sp³-hybridized carbons (Fsp3) is 0.250. The third kappa shape index (κ3) is 3.17. The van der Waals surface area contributed by atoms with Crippen molar-refractivity contribution in [3.8, 4) is 17.2 Å². The second-order valence-electron chi connectivity index (χ2n) is 4.44. The molecule has 2 rings (SSSR count). The average molecular weight is 293 g/mol. The first-order valence-corrected chi connectivity index (χ1v) is 6.70. The van der Waals surface area contributed by atoms with Crippen molar-refractivity contribution in [2.24, 2.45) is 0 Å². The van der Waals surface area contributed by atoms with Gasteiger partial charge in [0.25, 0.3) is 0 Å². The maximum atomic E-state index is 9.87. The summed E-state index contributed by atoms with van der Waals surface area (Å²) in [5, 5.41) is 10.6. The van der Waals surface area contributed by atoms with E-state index in [9.17, 15) is 5.11 Å². The van der Waals surface area contributed by atoms with Crippen LogP contribution in [0.2, 0.25) is 5.02 Å². The van der Waals surface area contributed by atoms with E-state index in [-0.39, 0.29) is 5.75 Å². The highest BCUT2D eigenvalue weighted by molar-refractivity contribution is 6.31. The van der Waals surface area contributed by atoms with Crippen LogP contribution in [0, 0.1) is 0 Å². The Morgan fingerprint density at radius 3 is 2.15 bits per heavy atom. The van der Waals surface area contributed by atoms with Gasteiger partial charge in [-0.3, -0.25) is 0 Å². The summed E-state index contributed by atoms with van der Waals surface area (Å²) in [5.41, 5.74) is 2.12. The summed E-state index contributed by atoms with van der Waals surface area (Å²) in [7, 11) is 3.04. The van der Waals surface area contributed by atoms with Crippen molar-refractivity contribution in [3.05, 3.63) is 52.5 Å². The SMILES string of the molecule is COc1cc(CCc2ccccc2Cl)cc(OC)c1O. The second kappa shape index (κ2) is 6.53. The predicted molar refractivity (Wildman–Crippen MR) is 80.1 cm³/mol. The summed E-state index contributed by atoms with van der Waals surface area (Å²) < 4.78 is 10.3. The summed E-state index contributed by atoms with van der Waals surface area (Å²) >= 11 is 6.14. The normalized spacial score (nSPS) is 10.3. The third-order valence-corrected chi connectivity index (χ3v) is 3.55. The Bertz CT molecular complexity index is 571. The zero-order valence-electron chi connectivity index (χ0n) is 11.5. The van der Waals surface area contributed by atoms with Crippen LogP contribution in [0.25, 0.3) is 0 Å². The van der Waals surface area contributed by atoms with Crippen molar-refractivity contribution in [3.63, 3.8) is 0 Å². The van der Waals surface area contributed by atoms with Gasteiger partial charge in [0.1, 0.15) is 0 Å². The lowest BCUT2D eigenvalue weighted by Crippen LogP contribution is -1.96. The van der Waals surface area contributed by atoms with Crippen LogP contribution < -0.4 is 9.47 Å². The zero-order valence-corrected chi connectivity index (χ0v) is 12.3. The van der Waals surface area contributed by atoms with Crippen molar-refractivity contribution in [2.75, 3.05) is 14.2 Å². The van der Waals surface area contributed by atoms with Crippen LogP contribution in [-0.4, -0.2) is 19.3 Å². The lowest BCUT2D eigenvalue weighted by atomic mass is 10.0. The van der Waals surface area contributed by atoms with E-state index in [1.807, 2.05) is 36.4 Å². The number of rotatable bonds is 5. The molecule has 0 atom stereocenters. The Balaban J connectivity index is 2.19. The number of hydrogen-bond acceptors (Lipinski definition) is 3. The lowest BCUT2D eigenvalue weighted by molar-refractivity contribution is 0.339. The van der Waals surface area contributed by atoms with Gasteiger partial charge in [-0.2, -0.15) is 0 Å². The molecule has 106 valence electrons. The van der Waals surface area contributed by atoms with Gasteiger partial charge in [-0.25, -0.2) is 0 Å². The molecule has 4 heteroatoms. The minimum Gasteiger partial charge on any atom is -0.502 e. The van der Waals surface area contributed by atoms with Crippen LogP contribution in [-0.2, 0) is 12.8 Å². The number of hydrogen-bond donors (Lipinski definition) is 1. The van der Waals surface area contributed by atoms with Crippen LogP contribution in [0.5, 0.6) is 17.2 Å². The molecule has 0 amide bonds. The molecule has 0 heterocycles. The number of benzene rings is 2. The van der Waals surface area contributed by atoms with E-state index >= 15 is 0 Å². The van der Waals surface area contributed by atoms with Gasteiger partial charge in [0.05, 0.1) is 14.2 Å². The van der Waals surface area contributed by atoms with Crippen LogP contribution in [0.3, 0.4) is 0 Å². The van der Waals surface area contributed by atoms with Crippen molar-refractivity contribution >= 4 is 11.6 Å². The molecule has 0 bridgehead atoms. The number of halogens is 1. The van der Waals surface area contributed by atoms with E-state index in [0.29, 0.717) is 11.5 Å². The van der Waals surface area contributed by atoms with Crippen molar-refractivity contribution < 1.29 is 14.6 Å². The highest BCUT2D eigenvalue weighted by Crippen LogP contribution is 2.37. The number of ether oxygens (including phenoxy) is 2. The molecule has 0 saturated carbocycles. The van der Waals surface area contributed by atoms with Crippen LogP contribution >= 0.6 is 11.6 Å². The van der Waals surface area contributed by atoms with Gasteiger partial charge in [0.15, 0.2) is 11.5 Å². The van der Waals surface area contributed by atoms with Gasteiger partial charge in [-0.1, -0.05) is 29.8 Å². The minimum atomic E-state index is 0.0245. The van der Waals surface area contributed by atoms with Crippen LogP contribution in [0.4, 0.5) is 0 Å². The smallest absolute Gasteiger partial charge is 0.200 e. The van der Waals surface area contributed by atoms with E-state index in [4.69, 9.17) is 21.1 Å². The first kappa shape index (κ1) is 14.5. The van der Waals surface area contributed by atoms with Gasteiger partial charge in [0.2, 0.25) is 5.75 Å². The van der Waals surface area contributed by atoms with Gasteiger partial charge in [-0.15, -0.1) is 0 Å². The summed E-state index contributed by atoms with van der Waals surface area (Å²) in [4.78, 5) is 0. The third-order valence-electron chi connectivity index (χ3n) is 3.18. The fourth-order valence-electron chi connectivity index (χ4n) is 2.07. The monoisotopic (exact) mass is 292 g/mol. The van der Waals surface area contributed by atoms with Gasteiger partial charge < -0.3 is 14.6 Å². The Kier molecular flexibility index (Phi) is 4.74. The van der Waals surface area contributed by atoms with Crippen LogP contribution in [0.1, 0.15) is 11.1 Å². The minimum absolute atomic E-state index is 0.0245. The number of phenolic OH excluding ortho intramolecular Hbond substituents is 1. The van der Waals surface area contributed by atoms with Crippen LogP contribution in [0.15, 0.2) is 36.4 Å². The highest BCUT2D eigenvalue weighted by atomic mass is 35.5. The maximum absolute atomic E-state index is 9.87. The topological polar surface area (TPSA) is 38.7 Å². The molecule has 0 aliphatic carbocycles. The van der Waals surface area contributed by atoms with E-state index in [1.54, 1.807) is 0 Å². The molecule has 0 aliphatic heterocycles. The van der Waals surface area contributed by atoms with Gasteiger partial charge in [-0.05, 0) is 42.2 Å². The fourth-order valence-corrected chi connectivity index (χ4v) is 2.30. The van der Waals surface area contributed by atoms with Gasteiger partial charge >= 0.3 is 0 Å². The number of aromatic hydroxyl groups is 1. The highest BCUT2D eigenvalue weighted by Gasteiger charge is 2.11. The molecular formula is C16H17ClO3. The number of methoxy groups -OCH3 is 2. The quantitative estimate of drug-likeness (QED) is 0.910. The molecule has 0 unspecified atom stereocenters. The van der Waals surface area contributed by atoms with E-state index in [1.165, 1.54) is 14.2 Å². The Hall–Kier alpha value is -1.87. The van der Waals surface area contributed by atoms with E-state index in [2.05, 4.69) is 0 Å². The largest absolute Gasteiger partial charge is 0.502 e. The molecule has 2 aromatic rings. The summed E-state index contributed by atoms with van der Waals surface area (Å²) in [6, 6.07) is 11.4. The Morgan fingerprint density at radius 1 is 1.00 bits per heavy atom. The van der Waals surface area contributed by atoms with Gasteiger partial charge in [0, 0.05) is 5.02 Å². The first-order valence-electron chi connectivity index (χ1n) is 6.33. The van der Waals surface area contributed by atoms with Crippen molar-refractivity contribution in [1.29, 1.82) is 0 Å². The molecule has 2 aromatic carbocycles. The van der Waals surface area contributed by atoms with Crippen molar-refractivity contribution in [2.45, 2.75) is 12.8 Å². The molecule has 0 aromatic heterocycles. The molecule has 0 saturated heterocycles. The molecular weight excluding hydrogens is 276 g/mol. The lowest BCUT2D eigenvalue weighted by Gasteiger charge is -2.11. The number of aryl methyl sites for hydroxylation is 2. The Morgan fingerprint density at radius 2 is 1.60 bits per heavy atom. The molecule has 0 radical (unpaired) electrons. The summed E-state index contributed by atoms with van der Waals surface area (Å²) in [6.07, 6.45) is 1.60. The summed E-state index contributed by atoms with van der Waals surface area (Å²) in [6.45, 7) is 0. The second-order valence-corrected chi connectivity index (χ2v) is 4.85. The molecule has 1 N–H and O–H groups in total.